The Hall–Kier alpha value is -0.810. The smallest absolute Gasteiger partial charge is 0.327 e. The Morgan fingerprint density at radius 1 is 1.37 bits per heavy atom. The molecular formula is C13H15Cl2NO3. The summed E-state index contributed by atoms with van der Waals surface area (Å²) in [6.07, 6.45) is 1.42. The van der Waals surface area contributed by atoms with Gasteiger partial charge in [0.25, 0.3) is 0 Å². The summed E-state index contributed by atoms with van der Waals surface area (Å²) in [4.78, 5) is 16.8. The second kappa shape index (κ2) is 7.10. The van der Waals surface area contributed by atoms with Crippen molar-refractivity contribution in [2.24, 2.45) is 5.92 Å². The zero-order chi connectivity index (χ0) is 13.7. The van der Waals surface area contributed by atoms with Gasteiger partial charge in [0.15, 0.2) is 0 Å². The van der Waals surface area contributed by atoms with Crippen molar-refractivity contribution in [1.29, 1.82) is 0 Å². The Morgan fingerprint density at radius 3 is 2.79 bits per heavy atom. The van der Waals surface area contributed by atoms with Crippen molar-refractivity contribution in [2.75, 3.05) is 13.2 Å². The van der Waals surface area contributed by atoms with E-state index >= 15 is 0 Å². The molecule has 0 bridgehead atoms. The number of hydrogen-bond donors (Lipinski definition) is 1. The van der Waals surface area contributed by atoms with Gasteiger partial charge in [0.1, 0.15) is 0 Å². The van der Waals surface area contributed by atoms with Gasteiger partial charge in [-0.05, 0) is 30.5 Å². The fraction of sp³-hybridized carbons (Fsp3) is 0.462. The zero-order valence-electron chi connectivity index (χ0n) is 10.3. The van der Waals surface area contributed by atoms with Gasteiger partial charge in [0.2, 0.25) is 0 Å². The lowest BCUT2D eigenvalue weighted by Crippen LogP contribution is -2.29. The summed E-state index contributed by atoms with van der Waals surface area (Å²) in [7, 11) is 0. The summed E-state index contributed by atoms with van der Waals surface area (Å²) in [5.41, 5.74) is 3.47. The summed E-state index contributed by atoms with van der Waals surface area (Å²) < 4.78 is 5.19. The van der Waals surface area contributed by atoms with Crippen molar-refractivity contribution in [2.45, 2.75) is 19.4 Å². The van der Waals surface area contributed by atoms with Crippen LogP contribution in [-0.2, 0) is 20.9 Å². The average molecular weight is 304 g/mol. The van der Waals surface area contributed by atoms with Gasteiger partial charge in [-0.25, -0.2) is 0 Å². The van der Waals surface area contributed by atoms with E-state index in [1.54, 1.807) is 18.2 Å². The van der Waals surface area contributed by atoms with E-state index in [0.717, 1.165) is 5.56 Å². The largest absolute Gasteiger partial charge is 0.381 e. The maximum Gasteiger partial charge on any atom is 0.327 e. The molecule has 6 heteroatoms. The summed E-state index contributed by atoms with van der Waals surface area (Å²) in [6.45, 7) is 1.58. The Balaban J connectivity index is 1.78. The predicted octanol–water partition coefficient (Wildman–Crippen LogP) is 2.97. The molecule has 0 atom stereocenters. The third-order valence-electron chi connectivity index (χ3n) is 3.01. The molecule has 1 aromatic carbocycles. The minimum atomic E-state index is -0.242. The molecule has 1 fully saturated rings. The highest BCUT2D eigenvalue weighted by molar-refractivity contribution is 6.35. The number of ether oxygens (including phenoxy) is 1. The first-order chi connectivity index (χ1) is 9.16. The van der Waals surface area contributed by atoms with E-state index in [0.29, 0.717) is 42.6 Å². The van der Waals surface area contributed by atoms with Crippen molar-refractivity contribution < 1.29 is 14.4 Å². The normalized spacial score (nSPS) is 16.3. The molecule has 0 spiro atoms. The molecule has 1 aliphatic rings. The zero-order valence-corrected chi connectivity index (χ0v) is 11.8. The highest BCUT2D eigenvalue weighted by atomic mass is 35.5. The van der Waals surface area contributed by atoms with Crippen LogP contribution >= 0.6 is 23.2 Å². The third-order valence-corrected chi connectivity index (χ3v) is 3.59. The molecule has 1 aromatic rings. The van der Waals surface area contributed by atoms with E-state index in [1.807, 2.05) is 0 Å². The van der Waals surface area contributed by atoms with Crippen molar-refractivity contribution in [3.8, 4) is 0 Å². The lowest BCUT2D eigenvalue weighted by atomic mass is 10.0. The molecule has 0 aromatic heterocycles. The van der Waals surface area contributed by atoms with Crippen molar-refractivity contribution in [3.05, 3.63) is 33.8 Å². The van der Waals surface area contributed by atoms with Gasteiger partial charge >= 0.3 is 5.97 Å². The number of carbonyl (C=O) groups is 1. The van der Waals surface area contributed by atoms with Crippen LogP contribution in [0.1, 0.15) is 18.4 Å². The van der Waals surface area contributed by atoms with Gasteiger partial charge in [-0.1, -0.05) is 29.3 Å². The lowest BCUT2D eigenvalue weighted by molar-refractivity contribution is -0.159. The molecule has 1 saturated heterocycles. The van der Waals surface area contributed by atoms with Gasteiger partial charge < -0.3 is 9.57 Å². The van der Waals surface area contributed by atoms with Gasteiger partial charge in [-0.3, -0.25) is 4.79 Å². The highest BCUT2D eigenvalue weighted by Gasteiger charge is 2.23. The van der Waals surface area contributed by atoms with E-state index < -0.39 is 0 Å². The second-order valence-electron chi connectivity index (χ2n) is 4.36. The first-order valence-corrected chi connectivity index (χ1v) is 6.87. The van der Waals surface area contributed by atoms with Crippen LogP contribution < -0.4 is 5.48 Å². The SMILES string of the molecule is O=C(ONCc1ccc(Cl)cc1Cl)C1CCOCC1. The van der Waals surface area contributed by atoms with Crippen LogP contribution in [0.4, 0.5) is 0 Å². The molecule has 1 heterocycles. The molecule has 2 rings (SSSR count). The average Bonchev–Trinajstić information content (AvgIpc) is 2.42. The molecule has 104 valence electrons. The number of halogens is 2. The van der Waals surface area contributed by atoms with E-state index in [-0.39, 0.29) is 11.9 Å². The minimum absolute atomic E-state index is 0.0815. The van der Waals surface area contributed by atoms with Crippen LogP contribution in [0.5, 0.6) is 0 Å². The standard InChI is InChI=1S/C13H15Cl2NO3/c14-11-2-1-10(12(15)7-11)8-16-19-13(17)9-3-5-18-6-4-9/h1-2,7,9,16H,3-6,8H2. The molecule has 19 heavy (non-hydrogen) atoms. The fourth-order valence-electron chi connectivity index (χ4n) is 1.87. The predicted molar refractivity (Wildman–Crippen MR) is 72.9 cm³/mol. The van der Waals surface area contributed by atoms with E-state index in [9.17, 15) is 4.79 Å². The van der Waals surface area contributed by atoms with Crippen molar-refractivity contribution in [1.82, 2.24) is 5.48 Å². The molecule has 0 aliphatic carbocycles. The maximum atomic E-state index is 11.7. The quantitative estimate of drug-likeness (QED) is 0.869. The Kier molecular flexibility index (Phi) is 5.45. The van der Waals surface area contributed by atoms with E-state index in [4.69, 9.17) is 32.8 Å². The van der Waals surface area contributed by atoms with Crippen LogP contribution in [0.3, 0.4) is 0 Å². The van der Waals surface area contributed by atoms with Crippen LogP contribution in [-0.4, -0.2) is 19.2 Å². The Morgan fingerprint density at radius 2 is 2.11 bits per heavy atom. The first-order valence-electron chi connectivity index (χ1n) is 6.12. The first kappa shape index (κ1) is 14.6. The highest BCUT2D eigenvalue weighted by Crippen LogP contribution is 2.21. The van der Waals surface area contributed by atoms with E-state index in [2.05, 4.69) is 5.48 Å². The minimum Gasteiger partial charge on any atom is -0.381 e. The molecule has 1 aliphatic heterocycles. The Bertz CT molecular complexity index is 448. The molecule has 0 unspecified atom stereocenters. The molecule has 0 radical (unpaired) electrons. The van der Waals surface area contributed by atoms with Gasteiger partial charge in [0, 0.05) is 23.3 Å². The van der Waals surface area contributed by atoms with Crippen molar-refractivity contribution in [3.63, 3.8) is 0 Å². The van der Waals surface area contributed by atoms with Gasteiger partial charge in [-0.2, -0.15) is 0 Å². The van der Waals surface area contributed by atoms with Crippen LogP contribution in [0, 0.1) is 5.92 Å². The van der Waals surface area contributed by atoms with Crippen molar-refractivity contribution >= 4 is 29.2 Å². The monoisotopic (exact) mass is 303 g/mol. The third kappa shape index (κ3) is 4.35. The van der Waals surface area contributed by atoms with Crippen LogP contribution in [0.2, 0.25) is 10.0 Å². The number of hydrogen-bond acceptors (Lipinski definition) is 4. The topological polar surface area (TPSA) is 47.6 Å². The van der Waals surface area contributed by atoms with Crippen LogP contribution in [0.25, 0.3) is 0 Å². The second-order valence-corrected chi connectivity index (χ2v) is 5.21. The molecule has 4 nitrogen and oxygen atoms in total. The molecule has 0 saturated carbocycles. The summed E-state index contributed by atoms with van der Waals surface area (Å²) in [5, 5.41) is 1.12. The fourth-order valence-corrected chi connectivity index (χ4v) is 2.34. The summed E-state index contributed by atoms with van der Waals surface area (Å²) in [5.74, 6) is -0.324. The summed E-state index contributed by atoms with van der Waals surface area (Å²) >= 11 is 11.8. The number of benzene rings is 1. The number of carbonyl (C=O) groups excluding carboxylic acids is 1. The molecule has 0 amide bonds. The maximum absolute atomic E-state index is 11.7. The number of hydroxylamine groups is 1. The Labute approximate surface area is 121 Å². The summed E-state index contributed by atoms with van der Waals surface area (Å²) in [6, 6.07) is 5.19. The van der Waals surface area contributed by atoms with Crippen LogP contribution in [0.15, 0.2) is 18.2 Å². The number of rotatable bonds is 4. The lowest BCUT2D eigenvalue weighted by Gasteiger charge is -2.20. The molecule has 1 N–H and O–H groups in total. The number of nitrogens with one attached hydrogen (secondary N) is 1. The van der Waals surface area contributed by atoms with E-state index in [1.165, 1.54) is 0 Å². The molecular weight excluding hydrogens is 289 g/mol. The van der Waals surface area contributed by atoms with Gasteiger partial charge in [0.05, 0.1) is 12.5 Å². The van der Waals surface area contributed by atoms with Gasteiger partial charge in [-0.15, -0.1) is 5.48 Å².